The Bertz CT molecular complexity index is 743. The van der Waals surface area contributed by atoms with Crippen LogP contribution in [0.1, 0.15) is 28.2 Å². The van der Waals surface area contributed by atoms with Gasteiger partial charge in [0.1, 0.15) is 4.88 Å². The number of carbonyl (C=O) groups excluding carboxylic acids is 2. The first kappa shape index (κ1) is 17.6. The number of likely N-dealkylation sites (tertiary alicyclic amines) is 1. The molecule has 1 saturated heterocycles. The number of nitrogens with one attached hydrogen (secondary N) is 1. The van der Waals surface area contributed by atoms with Crippen LogP contribution in [0.25, 0.3) is 0 Å². The second-order valence-electron chi connectivity index (χ2n) is 5.97. The molecule has 1 amide bonds. The Morgan fingerprint density at radius 2 is 2.32 bits per heavy atom. The summed E-state index contributed by atoms with van der Waals surface area (Å²) in [6.45, 7) is 3.70. The van der Waals surface area contributed by atoms with Crippen molar-refractivity contribution in [2.24, 2.45) is 0 Å². The number of aryl methyl sites for hydroxylation is 1. The van der Waals surface area contributed by atoms with Gasteiger partial charge in [0.15, 0.2) is 5.13 Å². The lowest BCUT2D eigenvalue weighted by Gasteiger charge is -2.23. The predicted octanol–water partition coefficient (Wildman–Crippen LogP) is 1.54. The van der Waals surface area contributed by atoms with Crippen molar-refractivity contribution >= 4 is 28.3 Å². The van der Waals surface area contributed by atoms with Gasteiger partial charge in [0.25, 0.3) is 0 Å². The maximum atomic E-state index is 12.4. The normalized spacial score (nSPS) is 17.6. The third-order valence-corrected chi connectivity index (χ3v) is 5.27. The number of hydrogen-bond donors (Lipinski definition) is 1. The van der Waals surface area contributed by atoms with Crippen LogP contribution in [0, 0.1) is 6.92 Å². The molecule has 1 fully saturated rings. The smallest absolute Gasteiger partial charge is 0.350 e. The fraction of sp³-hybridized carbons (Fsp3) is 0.500. The molecule has 1 atom stereocenters. The first-order chi connectivity index (χ1) is 12.1. The minimum absolute atomic E-state index is 0.127. The van der Waals surface area contributed by atoms with Crippen LogP contribution in [0.4, 0.5) is 5.13 Å². The van der Waals surface area contributed by atoms with Gasteiger partial charge in [-0.1, -0.05) is 11.3 Å². The third-order valence-electron chi connectivity index (χ3n) is 4.22. The molecule has 2 aromatic rings. The van der Waals surface area contributed by atoms with Gasteiger partial charge >= 0.3 is 5.97 Å². The van der Waals surface area contributed by atoms with E-state index in [0.717, 1.165) is 37.3 Å². The number of rotatable bonds is 6. The summed E-state index contributed by atoms with van der Waals surface area (Å²) in [7, 11) is 1.33. The molecule has 8 nitrogen and oxygen atoms in total. The highest BCUT2D eigenvalue weighted by Crippen LogP contribution is 2.24. The van der Waals surface area contributed by atoms with Gasteiger partial charge in [0.05, 0.1) is 25.9 Å². The Balaban J connectivity index is 1.57. The molecule has 9 heteroatoms. The molecule has 0 radical (unpaired) electrons. The molecule has 0 aromatic carbocycles. The minimum Gasteiger partial charge on any atom is -0.465 e. The standard InChI is InChI=1S/C16H21N5O3S/c1-11-14(15(23)24-2)25-16(18-11)19-13(22)10-20-7-3-5-12(20)9-21-8-4-6-17-21/h4,6,8,12H,3,5,7,9-10H2,1-2H3,(H,18,19,22)/t12-/m0/s1. The zero-order valence-electron chi connectivity index (χ0n) is 14.3. The van der Waals surface area contributed by atoms with Crippen molar-refractivity contribution in [3.63, 3.8) is 0 Å². The van der Waals surface area contributed by atoms with Crippen LogP contribution < -0.4 is 5.32 Å². The highest BCUT2D eigenvalue weighted by Gasteiger charge is 2.27. The number of thiazole rings is 1. The Morgan fingerprint density at radius 3 is 3.04 bits per heavy atom. The van der Waals surface area contributed by atoms with Crippen molar-refractivity contribution in [2.45, 2.75) is 32.4 Å². The van der Waals surface area contributed by atoms with E-state index in [1.165, 1.54) is 7.11 Å². The van der Waals surface area contributed by atoms with Crippen molar-refractivity contribution in [1.29, 1.82) is 0 Å². The highest BCUT2D eigenvalue weighted by atomic mass is 32.1. The summed E-state index contributed by atoms with van der Waals surface area (Å²) in [6, 6.07) is 2.20. The zero-order valence-corrected chi connectivity index (χ0v) is 15.1. The van der Waals surface area contributed by atoms with Crippen molar-refractivity contribution in [1.82, 2.24) is 19.7 Å². The quantitative estimate of drug-likeness (QED) is 0.783. The summed E-state index contributed by atoms with van der Waals surface area (Å²) in [6.07, 6.45) is 5.82. The summed E-state index contributed by atoms with van der Waals surface area (Å²) < 4.78 is 6.61. The van der Waals surface area contributed by atoms with E-state index in [2.05, 4.69) is 20.3 Å². The molecule has 2 aromatic heterocycles. The van der Waals surface area contributed by atoms with Gasteiger partial charge < -0.3 is 10.1 Å². The van der Waals surface area contributed by atoms with E-state index in [-0.39, 0.29) is 5.91 Å². The van der Waals surface area contributed by atoms with Crippen LogP contribution >= 0.6 is 11.3 Å². The number of amides is 1. The number of carbonyl (C=O) groups is 2. The van der Waals surface area contributed by atoms with Crippen LogP contribution in [-0.4, -0.2) is 57.8 Å². The maximum Gasteiger partial charge on any atom is 0.350 e. The van der Waals surface area contributed by atoms with E-state index in [0.29, 0.717) is 28.3 Å². The van der Waals surface area contributed by atoms with Crippen molar-refractivity contribution in [3.8, 4) is 0 Å². The summed E-state index contributed by atoms with van der Waals surface area (Å²) in [5.41, 5.74) is 0.560. The van der Waals surface area contributed by atoms with Gasteiger partial charge in [0, 0.05) is 18.4 Å². The van der Waals surface area contributed by atoms with E-state index < -0.39 is 5.97 Å². The number of anilines is 1. The zero-order chi connectivity index (χ0) is 17.8. The Kier molecular flexibility index (Phi) is 5.44. The van der Waals surface area contributed by atoms with E-state index in [1.54, 1.807) is 13.1 Å². The summed E-state index contributed by atoms with van der Waals surface area (Å²) >= 11 is 1.13. The lowest BCUT2D eigenvalue weighted by molar-refractivity contribution is -0.117. The number of esters is 1. The average molecular weight is 363 g/mol. The molecule has 0 saturated carbocycles. The van der Waals surface area contributed by atoms with Crippen LogP contribution in [0.5, 0.6) is 0 Å². The first-order valence-electron chi connectivity index (χ1n) is 8.14. The highest BCUT2D eigenvalue weighted by molar-refractivity contribution is 7.17. The van der Waals surface area contributed by atoms with Gasteiger partial charge in [-0.3, -0.25) is 14.4 Å². The molecular formula is C16H21N5O3S. The van der Waals surface area contributed by atoms with E-state index in [9.17, 15) is 9.59 Å². The van der Waals surface area contributed by atoms with Gasteiger partial charge in [-0.2, -0.15) is 5.10 Å². The lowest BCUT2D eigenvalue weighted by atomic mass is 10.2. The van der Waals surface area contributed by atoms with E-state index in [1.807, 2.05) is 16.9 Å². The van der Waals surface area contributed by atoms with Crippen LogP contribution in [-0.2, 0) is 16.1 Å². The average Bonchev–Trinajstić information content (AvgIpc) is 3.30. The summed E-state index contributed by atoms with van der Waals surface area (Å²) in [5, 5.41) is 7.44. The molecule has 3 rings (SSSR count). The van der Waals surface area contributed by atoms with Crippen molar-refractivity contribution < 1.29 is 14.3 Å². The predicted molar refractivity (Wildman–Crippen MR) is 93.6 cm³/mol. The van der Waals surface area contributed by atoms with Gasteiger partial charge in [0.2, 0.25) is 5.91 Å². The molecule has 0 unspecified atom stereocenters. The number of ether oxygens (including phenoxy) is 1. The monoisotopic (exact) mass is 363 g/mol. The summed E-state index contributed by atoms with van der Waals surface area (Å²) in [5.74, 6) is -0.563. The van der Waals surface area contributed by atoms with Crippen LogP contribution in [0.3, 0.4) is 0 Å². The van der Waals surface area contributed by atoms with Gasteiger partial charge in [-0.25, -0.2) is 9.78 Å². The molecule has 1 aliphatic heterocycles. The number of aromatic nitrogens is 3. The first-order valence-corrected chi connectivity index (χ1v) is 8.95. The second kappa shape index (κ2) is 7.75. The largest absolute Gasteiger partial charge is 0.465 e. The molecular weight excluding hydrogens is 342 g/mol. The molecule has 134 valence electrons. The Labute approximate surface area is 149 Å². The number of nitrogens with zero attached hydrogens (tertiary/aromatic N) is 4. The van der Waals surface area contributed by atoms with Crippen LogP contribution in [0.15, 0.2) is 18.5 Å². The van der Waals surface area contributed by atoms with Crippen LogP contribution in [0.2, 0.25) is 0 Å². The Hall–Kier alpha value is -2.26. The molecule has 0 aliphatic carbocycles. The molecule has 0 spiro atoms. The minimum atomic E-state index is -0.436. The Morgan fingerprint density at radius 1 is 1.48 bits per heavy atom. The SMILES string of the molecule is COC(=O)c1sc(NC(=O)CN2CCC[C@H]2Cn2cccn2)nc1C. The molecule has 1 N–H and O–H groups in total. The fourth-order valence-corrected chi connectivity index (χ4v) is 3.91. The van der Waals surface area contributed by atoms with Gasteiger partial charge in [-0.15, -0.1) is 0 Å². The number of methoxy groups -OCH3 is 1. The molecule has 1 aliphatic rings. The number of hydrogen-bond acceptors (Lipinski definition) is 7. The molecule has 25 heavy (non-hydrogen) atoms. The third kappa shape index (κ3) is 4.23. The fourth-order valence-electron chi connectivity index (χ4n) is 3.01. The lowest BCUT2D eigenvalue weighted by Crippen LogP contribution is -2.39. The van der Waals surface area contributed by atoms with Crippen molar-refractivity contribution in [2.75, 3.05) is 25.5 Å². The maximum absolute atomic E-state index is 12.4. The molecule has 0 bridgehead atoms. The second-order valence-corrected chi connectivity index (χ2v) is 6.97. The van der Waals surface area contributed by atoms with E-state index >= 15 is 0 Å². The van der Waals surface area contributed by atoms with E-state index in [4.69, 9.17) is 4.74 Å². The van der Waals surface area contributed by atoms with Gasteiger partial charge in [-0.05, 0) is 32.4 Å². The van der Waals surface area contributed by atoms with Crippen molar-refractivity contribution in [3.05, 3.63) is 29.0 Å². The molecule has 3 heterocycles. The topological polar surface area (TPSA) is 89.4 Å². The summed E-state index contributed by atoms with van der Waals surface area (Å²) in [4.78, 5) is 30.8.